The second-order valence-corrected chi connectivity index (χ2v) is 6.77. The van der Waals surface area contributed by atoms with Crippen molar-refractivity contribution in [2.24, 2.45) is 0 Å². The first-order chi connectivity index (χ1) is 9.79. The number of rotatable bonds is 3. The van der Waals surface area contributed by atoms with Crippen molar-refractivity contribution in [3.8, 4) is 0 Å². The predicted molar refractivity (Wildman–Crippen MR) is 78.9 cm³/mol. The molecule has 2 aromatic carbocycles. The van der Waals surface area contributed by atoms with Gasteiger partial charge in [-0.15, -0.1) is 0 Å². The van der Waals surface area contributed by atoms with Crippen LogP contribution in [0, 0.1) is 5.82 Å². The zero-order valence-corrected chi connectivity index (χ0v) is 12.5. The van der Waals surface area contributed by atoms with Crippen LogP contribution in [0.4, 0.5) is 10.1 Å². The number of carbonyl (C=O) groups excluding carboxylic acids is 1. The van der Waals surface area contributed by atoms with Crippen LogP contribution in [0.1, 0.15) is 10.4 Å². The Bertz CT molecular complexity index is 806. The van der Waals surface area contributed by atoms with E-state index in [4.69, 9.17) is 11.6 Å². The molecule has 0 saturated carbocycles. The van der Waals surface area contributed by atoms with Crippen LogP contribution in [-0.4, -0.2) is 20.6 Å². The molecule has 0 radical (unpaired) electrons. The predicted octanol–water partition coefficient (Wildman–Crippen LogP) is 3.13. The molecule has 1 amide bonds. The lowest BCUT2D eigenvalue weighted by molar-refractivity contribution is 0.102. The van der Waals surface area contributed by atoms with Crippen LogP contribution in [0.3, 0.4) is 0 Å². The van der Waals surface area contributed by atoms with Crippen LogP contribution in [0.15, 0.2) is 47.4 Å². The lowest BCUT2D eigenvalue weighted by Crippen LogP contribution is -2.16. The van der Waals surface area contributed by atoms with Crippen LogP contribution in [0.25, 0.3) is 0 Å². The monoisotopic (exact) mass is 327 g/mol. The number of carbonyl (C=O) groups is 1. The summed E-state index contributed by atoms with van der Waals surface area (Å²) in [6.45, 7) is 0. The lowest BCUT2D eigenvalue weighted by atomic mass is 10.2. The Hall–Kier alpha value is -1.92. The van der Waals surface area contributed by atoms with Gasteiger partial charge in [-0.2, -0.15) is 0 Å². The highest BCUT2D eigenvalue weighted by molar-refractivity contribution is 7.90. The molecule has 0 bridgehead atoms. The largest absolute Gasteiger partial charge is 0.319 e. The molecular formula is C14H11ClFNO3S. The molecule has 0 unspecified atom stereocenters. The third-order valence-electron chi connectivity index (χ3n) is 2.71. The summed E-state index contributed by atoms with van der Waals surface area (Å²) in [6.07, 6.45) is 0.999. The molecule has 0 spiro atoms. The maximum absolute atomic E-state index is 13.6. The molecule has 0 aromatic heterocycles. The van der Waals surface area contributed by atoms with E-state index in [2.05, 4.69) is 5.32 Å². The molecule has 0 atom stereocenters. The van der Waals surface area contributed by atoms with E-state index in [1.165, 1.54) is 36.4 Å². The summed E-state index contributed by atoms with van der Waals surface area (Å²) in [7, 11) is -3.57. The maximum Gasteiger partial charge on any atom is 0.257 e. The highest BCUT2D eigenvalue weighted by Crippen LogP contribution is 2.22. The summed E-state index contributed by atoms with van der Waals surface area (Å²) >= 11 is 5.74. The second kappa shape index (κ2) is 5.83. The third kappa shape index (κ3) is 3.59. The molecule has 0 aliphatic heterocycles. The summed E-state index contributed by atoms with van der Waals surface area (Å²) < 4.78 is 36.9. The van der Waals surface area contributed by atoms with Gasteiger partial charge in [-0.1, -0.05) is 23.7 Å². The van der Waals surface area contributed by atoms with Gasteiger partial charge in [0.25, 0.3) is 5.91 Å². The minimum Gasteiger partial charge on any atom is -0.319 e. The van der Waals surface area contributed by atoms with E-state index in [1.54, 1.807) is 0 Å². The number of halogens is 2. The van der Waals surface area contributed by atoms with Crippen molar-refractivity contribution in [2.75, 3.05) is 11.6 Å². The van der Waals surface area contributed by atoms with E-state index in [1.807, 2.05) is 0 Å². The molecule has 0 fully saturated rings. The average Bonchev–Trinajstić information content (AvgIpc) is 2.42. The van der Waals surface area contributed by atoms with Crippen LogP contribution in [-0.2, 0) is 9.84 Å². The molecule has 21 heavy (non-hydrogen) atoms. The number of benzene rings is 2. The van der Waals surface area contributed by atoms with Crippen molar-refractivity contribution in [3.63, 3.8) is 0 Å². The van der Waals surface area contributed by atoms with Crippen LogP contribution < -0.4 is 5.32 Å². The third-order valence-corrected chi connectivity index (χ3v) is 4.10. The molecule has 2 aromatic rings. The fraction of sp³-hybridized carbons (Fsp3) is 0.0714. The molecule has 0 aliphatic carbocycles. The van der Waals surface area contributed by atoms with Crippen molar-refractivity contribution in [2.45, 2.75) is 4.90 Å². The van der Waals surface area contributed by atoms with Crippen LogP contribution >= 0.6 is 11.6 Å². The van der Waals surface area contributed by atoms with E-state index in [-0.39, 0.29) is 21.2 Å². The Labute approximate surface area is 126 Å². The van der Waals surface area contributed by atoms with Crippen molar-refractivity contribution in [3.05, 3.63) is 58.9 Å². The topological polar surface area (TPSA) is 63.2 Å². The fourth-order valence-electron chi connectivity index (χ4n) is 1.76. The fourth-order valence-corrected chi connectivity index (χ4v) is 2.82. The molecule has 2 rings (SSSR count). The van der Waals surface area contributed by atoms with Gasteiger partial charge in [0.1, 0.15) is 5.82 Å². The smallest absolute Gasteiger partial charge is 0.257 e. The lowest BCUT2D eigenvalue weighted by Gasteiger charge is -2.09. The quantitative estimate of drug-likeness (QED) is 0.942. The first-order valence-corrected chi connectivity index (χ1v) is 8.11. The molecule has 0 heterocycles. The minimum atomic E-state index is -3.57. The normalized spacial score (nSPS) is 11.2. The number of hydrogen-bond donors (Lipinski definition) is 1. The standard InChI is InChI=1S/C14H11ClFNO3S/c1-21(19,20)13-5-3-2-4-10(13)14(18)17-12-8-9(15)6-7-11(12)16/h2-8H,1H3,(H,17,18). The van der Waals surface area contributed by atoms with E-state index in [0.29, 0.717) is 0 Å². The maximum atomic E-state index is 13.6. The van der Waals surface area contributed by atoms with Crippen molar-refractivity contribution in [1.82, 2.24) is 0 Å². The first kappa shape index (κ1) is 15.5. The van der Waals surface area contributed by atoms with E-state index < -0.39 is 21.6 Å². The number of amides is 1. The molecular weight excluding hydrogens is 317 g/mol. The van der Waals surface area contributed by atoms with Gasteiger partial charge in [-0.25, -0.2) is 12.8 Å². The highest BCUT2D eigenvalue weighted by Gasteiger charge is 2.19. The van der Waals surface area contributed by atoms with Crippen molar-refractivity contribution >= 4 is 33.0 Å². The zero-order valence-electron chi connectivity index (χ0n) is 10.9. The SMILES string of the molecule is CS(=O)(=O)c1ccccc1C(=O)Nc1cc(Cl)ccc1F. The summed E-state index contributed by atoms with van der Waals surface area (Å²) in [4.78, 5) is 12.0. The van der Waals surface area contributed by atoms with Gasteiger partial charge in [0.05, 0.1) is 16.1 Å². The molecule has 0 aliphatic rings. The first-order valence-electron chi connectivity index (χ1n) is 5.84. The zero-order chi connectivity index (χ0) is 15.6. The molecule has 0 saturated heterocycles. The van der Waals surface area contributed by atoms with E-state index in [9.17, 15) is 17.6 Å². The molecule has 1 N–H and O–H groups in total. The molecule has 110 valence electrons. The van der Waals surface area contributed by atoms with Crippen molar-refractivity contribution < 1.29 is 17.6 Å². The number of nitrogens with one attached hydrogen (secondary N) is 1. The van der Waals surface area contributed by atoms with Gasteiger partial charge >= 0.3 is 0 Å². The van der Waals surface area contributed by atoms with Gasteiger partial charge in [0.15, 0.2) is 9.84 Å². The summed E-state index contributed by atoms with van der Waals surface area (Å²) in [6, 6.07) is 9.41. The number of anilines is 1. The Morgan fingerprint density at radius 3 is 2.52 bits per heavy atom. The van der Waals surface area contributed by atoms with Gasteiger partial charge in [0.2, 0.25) is 0 Å². The average molecular weight is 328 g/mol. The van der Waals surface area contributed by atoms with Gasteiger partial charge < -0.3 is 5.32 Å². The molecule has 4 nitrogen and oxygen atoms in total. The number of sulfone groups is 1. The van der Waals surface area contributed by atoms with E-state index >= 15 is 0 Å². The summed E-state index contributed by atoms with van der Waals surface area (Å²) in [5.41, 5.74) is -0.171. The molecule has 7 heteroatoms. The van der Waals surface area contributed by atoms with Crippen LogP contribution in [0.2, 0.25) is 5.02 Å². The van der Waals surface area contributed by atoms with Gasteiger partial charge in [0, 0.05) is 11.3 Å². The Morgan fingerprint density at radius 1 is 1.19 bits per heavy atom. The van der Waals surface area contributed by atoms with Crippen LogP contribution in [0.5, 0.6) is 0 Å². The Morgan fingerprint density at radius 2 is 1.86 bits per heavy atom. The number of hydrogen-bond acceptors (Lipinski definition) is 3. The van der Waals surface area contributed by atoms with E-state index in [0.717, 1.165) is 12.3 Å². The summed E-state index contributed by atoms with van der Waals surface area (Å²) in [5.74, 6) is -1.39. The van der Waals surface area contributed by atoms with Gasteiger partial charge in [-0.05, 0) is 30.3 Å². The van der Waals surface area contributed by atoms with Gasteiger partial charge in [-0.3, -0.25) is 4.79 Å². The second-order valence-electron chi connectivity index (χ2n) is 4.35. The summed E-state index contributed by atoms with van der Waals surface area (Å²) in [5, 5.41) is 2.57. The van der Waals surface area contributed by atoms with Crippen molar-refractivity contribution in [1.29, 1.82) is 0 Å². The Kier molecular flexibility index (Phi) is 4.29. The Balaban J connectivity index is 2.40. The highest BCUT2D eigenvalue weighted by atomic mass is 35.5. The minimum absolute atomic E-state index is 0.0561.